The summed E-state index contributed by atoms with van der Waals surface area (Å²) < 4.78 is 0. The van der Waals surface area contributed by atoms with Gasteiger partial charge in [0.05, 0.1) is 0 Å². The standard InChI is InChI=1S/C10H11N3/c11-6-9(7-12)8-13-10-4-2-1-3-5-10/h2,4,8,10,13H,1,3,5H2. The highest BCUT2D eigenvalue weighted by molar-refractivity contribution is 5.34. The molecule has 0 radical (unpaired) electrons. The fraction of sp³-hybridized carbons (Fsp3) is 0.400. The van der Waals surface area contributed by atoms with E-state index in [1.54, 1.807) is 12.1 Å². The molecule has 0 saturated carbocycles. The molecule has 0 saturated heterocycles. The van der Waals surface area contributed by atoms with Crippen molar-refractivity contribution in [2.24, 2.45) is 0 Å². The van der Waals surface area contributed by atoms with Gasteiger partial charge >= 0.3 is 0 Å². The first-order valence-corrected chi connectivity index (χ1v) is 4.30. The third-order valence-corrected chi connectivity index (χ3v) is 1.94. The van der Waals surface area contributed by atoms with Crippen LogP contribution in [0.1, 0.15) is 19.3 Å². The number of rotatable bonds is 2. The molecule has 0 aromatic carbocycles. The number of nitrogens with one attached hydrogen (secondary N) is 1. The first kappa shape index (κ1) is 9.35. The van der Waals surface area contributed by atoms with Gasteiger partial charge in [-0.1, -0.05) is 12.2 Å². The molecule has 1 N–H and O–H groups in total. The van der Waals surface area contributed by atoms with Crippen molar-refractivity contribution in [3.8, 4) is 12.1 Å². The van der Waals surface area contributed by atoms with Gasteiger partial charge in [-0.15, -0.1) is 0 Å². The molecule has 0 amide bonds. The van der Waals surface area contributed by atoms with Gasteiger partial charge in [-0.3, -0.25) is 0 Å². The van der Waals surface area contributed by atoms with Gasteiger partial charge in [0.2, 0.25) is 0 Å². The van der Waals surface area contributed by atoms with Crippen LogP contribution in [0.5, 0.6) is 0 Å². The maximum Gasteiger partial charge on any atom is 0.145 e. The molecule has 0 fully saturated rings. The van der Waals surface area contributed by atoms with Crippen molar-refractivity contribution in [2.75, 3.05) is 0 Å². The molecule has 1 unspecified atom stereocenters. The van der Waals surface area contributed by atoms with Crippen LogP contribution in [0.4, 0.5) is 0 Å². The number of hydrogen-bond acceptors (Lipinski definition) is 3. The summed E-state index contributed by atoms with van der Waals surface area (Å²) in [6.45, 7) is 0. The van der Waals surface area contributed by atoms with Crippen LogP contribution in [-0.2, 0) is 0 Å². The van der Waals surface area contributed by atoms with Gasteiger partial charge in [-0.05, 0) is 19.3 Å². The van der Waals surface area contributed by atoms with Gasteiger partial charge in [0.1, 0.15) is 17.7 Å². The molecule has 1 atom stereocenters. The van der Waals surface area contributed by atoms with E-state index in [2.05, 4.69) is 17.5 Å². The normalized spacial score (nSPS) is 19.7. The number of allylic oxidation sites excluding steroid dienone is 2. The van der Waals surface area contributed by atoms with Crippen molar-refractivity contribution in [2.45, 2.75) is 25.3 Å². The first-order valence-electron chi connectivity index (χ1n) is 4.30. The van der Waals surface area contributed by atoms with Crippen LogP contribution in [0.25, 0.3) is 0 Å². The minimum absolute atomic E-state index is 0.124. The molecule has 0 aliphatic heterocycles. The molecule has 0 aromatic heterocycles. The summed E-state index contributed by atoms with van der Waals surface area (Å²) in [6.07, 6.45) is 9.04. The lowest BCUT2D eigenvalue weighted by atomic mass is 10.0. The minimum Gasteiger partial charge on any atom is -0.383 e. The summed E-state index contributed by atoms with van der Waals surface area (Å²) in [6, 6.07) is 3.89. The molecule has 0 aromatic rings. The Morgan fingerprint density at radius 2 is 2.23 bits per heavy atom. The molecule has 3 nitrogen and oxygen atoms in total. The zero-order chi connectivity index (χ0) is 9.52. The van der Waals surface area contributed by atoms with Gasteiger partial charge in [0.15, 0.2) is 0 Å². The van der Waals surface area contributed by atoms with E-state index >= 15 is 0 Å². The number of nitriles is 2. The summed E-state index contributed by atoms with van der Waals surface area (Å²) in [4.78, 5) is 0. The van der Waals surface area contributed by atoms with Crippen molar-refractivity contribution in [1.82, 2.24) is 5.32 Å². The molecular weight excluding hydrogens is 162 g/mol. The predicted molar refractivity (Wildman–Crippen MR) is 49.2 cm³/mol. The minimum atomic E-state index is 0.124. The summed E-state index contributed by atoms with van der Waals surface area (Å²) in [5.41, 5.74) is 0.124. The second-order valence-electron chi connectivity index (χ2n) is 2.91. The maximum absolute atomic E-state index is 8.46. The fourth-order valence-electron chi connectivity index (χ4n) is 1.23. The fourth-order valence-corrected chi connectivity index (χ4v) is 1.23. The average Bonchev–Trinajstić information content (AvgIpc) is 2.21. The van der Waals surface area contributed by atoms with Crippen LogP contribution < -0.4 is 5.32 Å². The lowest BCUT2D eigenvalue weighted by molar-refractivity contribution is 0.584. The Morgan fingerprint density at radius 3 is 2.77 bits per heavy atom. The summed E-state index contributed by atoms with van der Waals surface area (Å²) >= 11 is 0. The van der Waals surface area contributed by atoms with Crippen LogP contribution in [0.2, 0.25) is 0 Å². The third kappa shape index (κ3) is 3.01. The molecule has 0 spiro atoms. The van der Waals surface area contributed by atoms with Crippen LogP contribution in [0, 0.1) is 22.7 Å². The molecule has 3 heteroatoms. The second kappa shape index (κ2) is 5.00. The largest absolute Gasteiger partial charge is 0.383 e. The lowest BCUT2D eigenvalue weighted by Gasteiger charge is -2.15. The van der Waals surface area contributed by atoms with Gasteiger partial charge in [0, 0.05) is 12.2 Å². The van der Waals surface area contributed by atoms with Crippen molar-refractivity contribution < 1.29 is 0 Å². The highest BCUT2D eigenvalue weighted by Crippen LogP contribution is 2.09. The molecule has 13 heavy (non-hydrogen) atoms. The predicted octanol–water partition coefficient (Wildman–Crippen LogP) is 1.62. The van der Waals surface area contributed by atoms with Crippen LogP contribution in [-0.4, -0.2) is 6.04 Å². The van der Waals surface area contributed by atoms with Crippen molar-refractivity contribution in [1.29, 1.82) is 10.5 Å². The molecule has 0 bridgehead atoms. The van der Waals surface area contributed by atoms with Crippen molar-refractivity contribution >= 4 is 0 Å². The highest BCUT2D eigenvalue weighted by atomic mass is 14.9. The Bertz CT molecular complexity index is 285. The lowest BCUT2D eigenvalue weighted by Crippen LogP contribution is -2.23. The van der Waals surface area contributed by atoms with E-state index in [-0.39, 0.29) is 11.6 Å². The SMILES string of the molecule is N#CC(C#N)=CNC1C=CCCC1. The second-order valence-corrected chi connectivity index (χ2v) is 2.91. The average molecular weight is 173 g/mol. The zero-order valence-corrected chi connectivity index (χ0v) is 7.33. The van der Waals surface area contributed by atoms with Crippen LogP contribution in [0.3, 0.4) is 0 Å². The van der Waals surface area contributed by atoms with E-state index in [1.165, 1.54) is 6.20 Å². The van der Waals surface area contributed by atoms with E-state index in [0.717, 1.165) is 19.3 Å². The molecular formula is C10H11N3. The topological polar surface area (TPSA) is 59.6 Å². The molecule has 66 valence electrons. The van der Waals surface area contributed by atoms with Crippen LogP contribution in [0.15, 0.2) is 23.9 Å². The Kier molecular flexibility index (Phi) is 3.60. The molecule has 1 aliphatic carbocycles. The van der Waals surface area contributed by atoms with E-state index in [1.807, 2.05) is 0 Å². The Balaban J connectivity index is 2.46. The quantitative estimate of drug-likeness (QED) is 0.510. The first-order chi connectivity index (χ1) is 6.36. The monoisotopic (exact) mass is 173 g/mol. The summed E-state index contributed by atoms with van der Waals surface area (Å²) in [5, 5.41) is 19.9. The van der Waals surface area contributed by atoms with E-state index in [4.69, 9.17) is 10.5 Å². The van der Waals surface area contributed by atoms with E-state index in [9.17, 15) is 0 Å². The van der Waals surface area contributed by atoms with Gasteiger partial charge in [-0.25, -0.2) is 0 Å². The zero-order valence-electron chi connectivity index (χ0n) is 7.33. The Morgan fingerprint density at radius 1 is 1.46 bits per heavy atom. The van der Waals surface area contributed by atoms with Crippen molar-refractivity contribution in [3.63, 3.8) is 0 Å². The third-order valence-electron chi connectivity index (χ3n) is 1.94. The van der Waals surface area contributed by atoms with Gasteiger partial charge < -0.3 is 5.32 Å². The van der Waals surface area contributed by atoms with E-state index in [0.29, 0.717) is 0 Å². The highest BCUT2D eigenvalue weighted by Gasteiger charge is 2.05. The maximum atomic E-state index is 8.46. The summed E-state index contributed by atoms with van der Waals surface area (Å²) in [7, 11) is 0. The smallest absolute Gasteiger partial charge is 0.145 e. The Labute approximate surface area is 78.0 Å². The Hall–Kier alpha value is -1.74. The van der Waals surface area contributed by atoms with Gasteiger partial charge in [0.25, 0.3) is 0 Å². The van der Waals surface area contributed by atoms with Gasteiger partial charge in [-0.2, -0.15) is 10.5 Å². The van der Waals surface area contributed by atoms with Crippen LogP contribution >= 0.6 is 0 Å². The van der Waals surface area contributed by atoms with Crippen molar-refractivity contribution in [3.05, 3.63) is 23.9 Å². The number of hydrogen-bond donors (Lipinski definition) is 1. The number of nitrogens with zero attached hydrogens (tertiary/aromatic N) is 2. The molecule has 1 aliphatic rings. The molecule has 0 heterocycles. The summed E-state index contributed by atoms with van der Waals surface area (Å²) in [5.74, 6) is 0. The molecule has 1 rings (SSSR count). The van der Waals surface area contributed by atoms with E-state index < -0.39 is 0 Å².